The third kappa shape index (κ3) is 3.06. The zero-order valence-corrected chi connectivity index (χ0v) is 12.2. The lowest BCUT2D eigenvalue weighted by Gasteiger charge is -2.39. The maximum Gasteiger partial charge on any atom is 0.129 e. The summed E-state index contributed by atoms with van der Waals surface area (Å²) in [6, 6.07) is 3.80. The molecule has 1 aliphatic rings. The molecule has 19 heavy (non-hydrogen) atoms. The Bertz CT molecular complexity index is 473. The molecule has 0 spiro atoms. The summed E-state index contributed by atoms with van der Waals surface area (Å²) in [7, 11) is 0. The van der Waals surface area contributed by atoms with Crippen LogP contribution >= 0.6 is 0 Å². The van der Waals surface area contributed by atoms with Crippen LogP contribution in [0.4, 0.5) is 5.82 Å². The number of anilines is 1. The maximum absolute atomic E-state index is 7.57. The smallest absolute Gasteiger partial charge is 0.129 e. The average molecular weight is 260 g/mol. The summed E-state index contributed by atoms with van der Waals surface area (Å²) in [6.07, 6.45) is 3.64. The zero-order valence-electron chi connectivity index (χ0n) is 12.2. The maximum atomic E-state index is 7.57. The minimum absolute atomic E-state index is 0.113. The Labute approximate surface area is 115 Å². The molecule has 2 rings (SSSR count). The molecule has 0 saturated carbocycles. The molecular weight excluding hydrogens is 236 g/mol. The lowest BCUT2D eigenvalue weighted by atomic mass is 9.78. The fourth-order valence-electron chi connectivity index (χ4n) is 2.60. The second-order valence-corrected chi connectivity index (χ2v) is 5.92. The standard InChI is InChI=1S/C15H24N4/c1-4-15(3)5-7-19(8-6-15)13-10-12(14(16)17)9-11(2)18-13/h9-10H,4-8H2,1-3H3,(H3,16,17). The molecule has 0 aromatic carbocycles. The molecule has 2 heterocycles. The number of aryl methyl sites for hydroxylation is 1. The summed E-state index contributed by atoms with van der Waals surface area (Å²) in [5.41, 5.74) is 7.75. The SMILES string of the molecule is CCC1(C)CCN(c2cc(C(=N)N)cc(C)n2)CC1. The van der Waals surface area contributed by atoms with E-state index in [2.05, 4.69) is 23.7 Å². The zero-order chi connectivity index (χ0) is 14.0. The van der Waals surface area contributed by atoms with E-state index in [1.807, 2.05) is 19.1 Å². The Kier molecular flexibility index (Phi) is 3.78. The van der Waals surface area contributed by atoms with E-state index < -0.39 is 0 Å². The topological polar surface area (TPSA) is 66.0 Å². The van der Waals surface area contributed by atoms with E-state index >= 15 is 0 Å². The van der Waals surface area contributed by atoms with Crippen LogP contribution < -0.4 is 10.6 Å². The number of rotatable bonds is 3. The van der Waals surface area contributed by atoms with Crippen molar-refractivity contribution in [3.05, 3.63) is 23.4 Å². The van der Waals surface area contributed by atoms with Crippen molar-refractivity contribution in [3.63, 3.8) is 0 Å². The summed E-state index contributed by atoms with van der Waals surface area (Å²) in [5, 5.41) is 7.57. The predicted molar refractivity (Wildman–Crippen MR) is 79.8 cm³/mol. The van der Waals surface area contributed by atoms with E-state index in [-0.39, 0.29) is 5.84 Å². The molecule has 0 bridgehead atoms. The highest BCUT2D eigenvalue weighted by Crippen LogP contribution is 2.35. The van der Waals surface area contributed by atoms with Crippen molar-refractivity contribution in [2.45, 2.75) is 40.0 Å². The van der Waals surface area contributed by atoms with Crippen LogP contribution in [-0.4, -0.2) is 23.9 Å². The molecule has 1 fully saturated rings. The summed E-state index contributed by atoms with van der Waals surface area (Å²) >= 11 is 0. The van der Waals surface area contributed by atoms with Gasteiger partial charge < -0.3 is 10.6 Å². The van der Waals surface area contributed by atoms with Crippen molar-refractivity contribution >= 4 is 11.7 Å². The van der Waals surface area contributed by atoms with Crippen LogP contribution in [0.25, 0.3) is 0 Å². The van der Waals surface area contributed by atoms with Gasteiger partial charge in [0.2, 0.25) is 0 Å². The van der Waals surface area contributed by atoms with Crippen LogP contribution in [0.2, 0.25) is 0 Å². The van der Waals surface area contributed by atoms with Crippen molar-refractivity contribution in [3.8, 4) is 0 Å². The van der Waals surface area contributed by atoms with E-state index in [0.29, 0.717) is 5.41 Å². The Balaban J connectivity index is 2.17. The van der Waals surface area contributed by atoms with E-state index in [9.17, 15) is 0 Å². The molecule has 0 amide bonds. The number of hydrogen-bond acceptors (Lipinski definition) is 3. The number of hydrogen-bond donors (Lipinski definition) is 2. The number of nitrogens with one attached hydrogen (secondary N) is 1. The Morgan fingerprint density at radius 3 is 2.58 bits per heavy atom. The van der Waals surface area contributed by atoms with Crippen LogP contribution in [0.1, 0.15) is 44.4 Å². The molecule has 0 aliphatic carbocycles. The van der Waals surface area contributed by atoms with Gasteiger partial charge >= 0.3 is 0 Å². The minimum atomic E-state index is 0.113. The fraction of sp³-hybridized carbons (Fsp3) is 0.600. The number of nitrogens with zero attached hydrogens (tertiary/aromatic N) is 2. The minimum Gasteiger partial charge on any atom is -0.384 e. The van der Waals surface area contributed by atoms with Gasteiger partial charge in [-0.25, -0.2) is 4.98 Å². The van der Waals surface area contributed by atoms with Crippen molar-refractivity contribution < 1.29 is 0 Å². The van der Waals surface area contributed by atoms with Crippen LogP contribution in [0.3, 0.4) is 0 Å². The summed E-state index contributed by atoms with van der Waals surface area (Å²) in [5.74, 6) is 1.07. The summed E-state index contributed by atoms with van der Waals surface area (Å²) < 4.78 is 0. The van der Waals surface area contributed by atoms with Crippen LogP contribution in [0, 0.1) is 17.7 Å². The Morgan fingerprint density at radius 1 is 1.42 bits per heavy atom. The van der Waals surface area contributed by atoms with Gasteiger partial charge in [0.25, 0.3) is 0 Å². The highest BCUT2D eigenvalue weighted by Gasteiger charge is 2.28. The monoisotopic (exact) mass is 260 g/mol. The molecule has 0 radical (unpaired) electrons. The molecule has 1 aromatic heterocycles. The first kappa shape index (κ1) is 13.8. The van der Waals surface area contributed by atoms with Crippen LogP contribution in [0.15, 0.2) is 12.1 Å². The summed E-state index contributed by atoms with van der Waals surface area (Å²) in [4.78, 5) is 6.90. The third-order valence-electron chi connectivity index (χ3n) is 4.40. The number of pyridine rings is 1. The van der Waals surface area contributed by atoms with Gasteiger partial charge in [-0.15, -0.1) is 0 Å². The first-order valence-corrected chi connectivity index (χ1v) is 7.01. The van der Waals surface area contributed by atoms with Crippen molar-refractivity contribution in [1.82, 2.24) is 4.98 Å². The lowest BCUT2D eigenvalue weighted by Crippen LogP contribution is -2.39. The molecular formula is C15H24N4. The number of aromatic nitrogens is 1. The summed E-state index contributed by atoms with van der Waals surface area (Å²) in [6.45, 7) is 8.68. The van der Waals surface area contributed by atoms with Crippen LogP contribution in [-0.2, 0) is 0 Å². The van der Waals surface area contributed by atoms with Gasteiger partial charge in [0.05, 0.1) is 0 Å². The molecule has 3 N–H and O–H groups in total. The fourth-order valence-corrected chi connectivity index (χ4v) is 2.60. The molecule has 0 atom stereocenters. The predicted octanol–water partition coefficient (Wildman–Crippen LogP) is 2.69. The van der Waals surface area contributed by atoms with Crippen molar-refractivity contribution in [1.29, 1.82) is 5.41 Å². The largest absolute Gasteiger partial charge is 0.384 e. The van der Waals surface area contributed by atoms with Gasteiger partial charge in [-0.2, -0.15) is 0 Å². The van der Waals surface area contributed by atoms with Gasteiger partial charge in [0, 0.05) is 24.3 Å². The highest BCUT2D eigenvalue weighted by atomic mass is 15.2. The van der Waals surface area contributed by atoms with Gasteiger partial charge in [0.1, 0.15) is 11.7 Å². The van der Waals surface area contributed by atoms with E-state index in [1.165, 1.54) is 19.3 Å². The molecule has 0 unspecified atom stereocenters. The molecule has 104 valence electrons. The molecule has 1 aromatic rings. The first-order valence-electron chi connectivity index (χ1n) is 7.01. The van der Waals surface area contributed by atoms with E-state index in [0.717, 1.165) is 30.2 Å². The van der Waals surface area contributed by atoms with Crippen molar-refractivity contribution in [2.24, 2.45) is 11.1 Å². The molecule has 1 saturated heterocycles. The number of nitrogen functional groups attached to an aromatic ring is 1. The van der Waals surface area contributed by atoms with Gasteiger partial charge in [0.15, 0.2) is 0 Å². The van der Waals surface area contributed by atoms with E-state index in [1.54, 1.807) is 0 Å². The average Bonchev–Trinajstić information content (AvgIpc) is 2.39. The molecule has 4 nitrogen and oxygen atoms in total. The van der Waals surface area contributed by atoms with Gasteiger partial charge in [-0.3, -0.25) is 5.41 Å². The normalized spacial score (nSPS) is 18.4. The Morgan fingerprint density at radius 2 is 2.05 bits per heavy atom. The number of nitrogens with two attached hydrogens (primary N) is 1. The highest BCUT2D eigenvalue weighted by molar-refractivity contribution is 5.95. The molecule has 1 aliphatic heterocycles. The quantitative estimate of drug-likeness (QED) is 0.648. The van der Waals surface area contributed by atoms with Crippen molar-refractivity contribution in [2.75, 3.05) is 18.0 Å². The third-order valence-corrected chi connectivity index (χ3v) is 4.40. The molecule has 4 heteroatoms. The number of piperidine rings is 1. The van der Waals surface area contributed by atoms with Gasteiger partial charge in [-0.1, -0.05) is 20.3 Å². The lowest BCUT2D eigenvalue weighted by molar-refractivity contribution is 0.238. The Hall–Kier alpha value is -1.58. The number of amidine groups is 1. The second-order valence-electron chi connectivity index (χ2n) is 5.92. The van der Waals surface area contributed by atoms with Crippen LogP contribution in [0.5, 0.6) is 0 Å². The first-order chi connectivity index (χ1) is 8.93. The van der Waals surface area contributed by atoms with Gasteiger partial charge in [-0.05, 0) is 37.3 Å². The second kappa shape index (κ2) is 5.19. The van der Waals surface area contributed by atoms with E-state index in [4.69, 9.17) is 11.1 Å².